The fourth-order valence-electron chi connectivity index (χ4n) is 1.85. The van der Waals surface area contributed by atoms with Gasteiger partial charge in [-0.25, -0.2) is 4.98 Å². The predicted molar refractivity (Wildman–Crippen MR) is 68.2 cm³/mol. The molecule has 0 radical (unpaired) electrons. The summed E-state index contributed by atoms with van der Waals surface area (Å²) in [5, 5.41) is 13.9. The fraction of sp³-hybridized carbons (Fsp3) is 0.583. The predicted octanol–water partition coefficient (Wildman–Crippen LogP) is 3.14. The van der Waals surface area contributed by atoms with Gasteiger partial charge in [0.15, 0.2) is 0 Å². The minimum absolute atomic E-state index is 0.0621. The standard InChI is InChI=1S/C12H19N3O2/c1-8(2)7-9(3)13-12-6-5-11(15(16)17)10(4)14-12/h5-6,8-9H,7H2,1-4H3,(H,13,14). The Morgan fingerprint density at radius 3 is 2.53 bits per heavy atom. The Morgan fingerprint density at radius 1 is 1.41 bits per heavy atom. The lowest BCUT2D eigenvalue weighted by atomic mass is 10.1. The second kappa shape index (κ2) is 5.61. The molecule has 0 fully saturated rings. The zero-order valence-corrected chi connectivity index (χ0v) is 10.7. The van der Waals surface area contributed by atoms with Gasteiger partial charge in [-0.2, -0.15) is 0 Å². The largest absolute Gasteiger partial charge is 0.368 e. The van der Waals surface area contributed by atoms with Crippen molar-refractivity contribution in [3.8, 4) is 0 Å². The number of hydrogen-bond donors (Lipinski definition) is 1. The van der Waals surface area contributed by atoms with Crippen molar-refractivity contribution < 1.29 is 4.92 Å². The highest BCUT2D eigenvalue weighted by Gasteiger charge is 2.12. The highest BCUT2D eigenvalue weighted by atomic mass is 16.6. The van der Waals surface area contributed by atoms with Gasteiger partial charge in [-0.15, -0.1) is 0 Å². The van der Waals surface area contributed by atoms with Gasteiger partial charge < -0.3 is 5.32 Å². The van der Waals surface area contributed by atoms with Crippen LogP contribution in [0.3, 0.4) is 0 Å². The normalized spacial score (nSPS) is 12.5. The highest BCUT2D eigenvalue weighted by Crippen LogP contribution is 2.19. The minimum atomic E-state index is -0.413. The Balaban J connectivity index is 2.74. The summed E-state index contributed by atoms with van der Waals surface area (Å²) < 4.78 is 0. The molecule has 1 aromatic rings. The van der Waals surface area contributed by atoms with E-state index in [1.54, 1.807) is 13.0 Å². The van der Waals surface area contributed by atoms with Crippen LogP contribution in [0.5, 0.6) is 0 Å². The van der Waals surface area contributed by atoms with Crippen LogP contribution in [0.4, 0.5) is 11.5 Å². The number of nitrogens with zero attached hydrogens (tertiary/aromatic N) is 2. The summed E-state index contributed by atoms with van der Waals surface area (Å²) in [4.78, 5) is 14.4. The summed E-state index contributed by atoms with van der Waals surface area (Å²) in [5.74, 6) is 1.30. The number of aromatic nitrogens is 1. The van der Waals surface area contributed by atoms with E-state index >= 15 is 0 Å². The van der Waals surface area contributed by atoms with E-state index in [-0.39, 0.29) is 5.69 Å². The number of anilines is 1. The van der Waals surface area contributed by atoms with Crippen LogP contribution >= 0.6 is 0 Å². The molecule has 17 heavy (non-hydrogen) atoms. The zero-order valence-electron chi connectivity index (χ0n) is 10.7. The number of hydrogen-bond acceptors (Lipinski definition) is 4. The topological polar surface area (TPSA) is 68.1 Å². The van der Waals surface area contributed by atoms with Gasteiger partial charge in [-0.1, -0.05) is 13.8 Å². The Bertz CT molecular complexity index is 405. The van der Waals surface area contributed by atoms with E-state index in [0.717, 1.165) is 6.42 Å². The Morgan fingerprint density at radius 2 is 2.06 bits per heavy atom. The molecule has 94 valence electrons. The summed E-state index contributed by atoms with van der Waals surface area (Å²) in [5.41, 5.74) is 0.504. The molecule has 5 nitrogen and oxygen atoms in total. The number of nitro groups is 1. The van der Waals surface area contributed by atoms with E-state index in [2.05, 4.69) is 31.1 Å². The zero-order chi connectivity index (χ0) is 13.0. The van der Waals surface area contributed by atoms with Gasteiger partial charge in [-0.3, -0.25) is 10.1 Å². The summed E-state index contributed by atoms with van der Waals surface area (Å²) in [6.45, 7) is 8.05. The van der Waals surface area contributed by atoms with Gasteiger partial charge in [0, 0.05) is 12.1 Å². The molecule has 0 aliphatic carbocycles. The molecule has 0 aliphatic heterocycles. The van der Waals surface area contributed by atoms with E-state index in [0.29, 0.717) is 23.5 Å². The molecule has 1 rings (SSSR count). The first kappa shape index (κ1) is 13.4. The number of aryl methyl sites for hydroxylation is 1. The highest BCUT2D eigenvalue weighted by molar-refractivity contribution is 5.45. The Labute approximate surface area is 101 Å². The molecule has 1 atom stereocenters. The second-order valence-electron chi connectivity index (χ2n) is 4.73. The first-order chi connectivity index (χ1) is 7.90. The molecule has 0 spiro atoms. The SMILES string of the molecule is Cc1nc(NC(C)CC(C)C)ccc1[N+](=O)[O-]. The van der Waals surface area contributed by atoms with E-state index in [9.17, 15) is 10.1 Å². The maximum absolute atomic E-state index is 10.6. The number of nitrogens with one attached hydrogen (secondary N) is 1. The first-order valence-electron chi connectivity index (χ1n) is 5.78. The van der Waals surface area contributed by atoms with Gasteiger partial charge in [0.2, 0.25) is 0 Å². The maximum atomic E-state index is 10.6. The van der Waals surface area contributed by atoms with Crippen LogP contribution < -0.4 is 5.32 Å². The molecule has 1 aromatic heterocycles. The van der Waals surface area contributed by atoms with Crippen LogP contribution in [-0.4, -0.2) is 15.9 Å². The van der Waals surface area contributed by atoms with E-state index in [4.69, 9.17) is 0 Å². The Hall–Kier alpha value is -1.65. The number of rotatable bonds is 5. The Kier molecular flexibility index (Phi) is 4.43. The summed E-state index contributed by atoms with van der Waals surface area (Å²) in [6.07, 6.45) is 1.04. The van der Waals surface area contributed by atoms with Gasteiger partial charge in [0.1, 0.15) is 11.5 Å². The fourth-order valence-corrected chi connectivity index (χ4v) is 1.85. The monoisotopic (exact) mass is 237 g/mol. The quantitative estimate of drug-likeness (QED) is 0.631. The summed E-state index contributed by atoms with van der Waals surface area (Å²) in [6, 6.07) is 3.46. The molecule has 1 heterocycles. The van der Waals surface area contributed by atoms with Gasteiger partial charge in [-0.05, 0) is 32.3 Å². The van der Waals surface area contributed by atoms with Crippen molar-refractivity contribution >= 4 is 11.5 Å². The molecule has 5 heteroatoms. The van der Waals surface area contributed by atoms with Crippen molar-refractivity contribution in [1.82, 2.24) is 4.98 Å². The number of pyridine rings is 1. The summed E-state index contributed by atoms with van der Waals surface area (Å²) >= 11 is 0. The third kappa shape index (κ3) is 4.01. The van der Waals surface area contributed by atoms with Crippen LogP contribution in [0, 0.1) is 23.0 Å². The van der Waals surface area contributed by atoms with Crippen molar-refractivity contribution in [3.05, 3.63) is 27.9 Å². The van der Waals surface area contributed by atoms with Crippen LogP contribution in [0.2, 0.25) is 0 Å². The molecule has 0 aromatic carbocycles. The lowest BCUT2D eigenvalue weighted by Crippen LogP contribution is -2.18. The molecule has 0 bridgehead atoms. The van der Waals surface area contributed by atoms with E-state index < -0.39 is 4.92 Å². The first-order valence-corrected chi connectivity index (χ1v) is 5.78. The van der Waals surface area contributed by atoms with Gasteiger partial charge in [0.05, 0.1) is 4.92 Å². The molecule has 1 N–H and O–H groups in total. The molecule has 0 aliphatic rings. The lowest BCUT2D eigenvalue weighted by molar-refractivity contribution is -0.385. The molecule has 0 saturated heterocycles. The van der Waals surface area contributed by atoms with Gasteiger partial charge in [0.25, 0.3) is 5.69 Å². The van der Waals surface area contributed by atoms with E-state index in [1.807, 2.05) is 0 Å². The molecule has 1 unspecified atom stereocenters. The second-order valence-corrected chi connectivity index (χ2v) is 4.73. The van der Waals surface area contributed by atoms with Crippen LogP contribution in [0.15, 0.2) is 12.1 Å². The average molecular weight is 237 g/mol. The molecular formula is C12H19N3O2. The lowest BCUT2D eigenvalue weighted by Gasteiger charge is -2.16. The molecule has 0 amide bonds. The molecular weight excluding hydrogens is 218 g/mol. The van der Waals surface area contributed by atoms with E-state index in [1.165, 1.54) is 6.07 Å². The van der Waals surface area contributed by atoms with Crippen LogP contribution in [-0.2, 0) is 0 Å². The third-order valence-corrected chi connectivity index (χ3v) is 2.47. The smallest absolute Gasteiger partial charge is 0.290 e. The van der Waals surface area contributed by atoms with Crippen LogP contribution in [0.25, 0.3) is 0 Å². The van der Waals surface area contributed by atoms with Crippen LogP contribution in [0.1, 0.15) is 32.9 Å². The minimum Gasteiger partial charge on any atom is -0.368 e. The van der Waals surface area contributed by atoms with Crippen molar-refractivity contribution in [2.45, 2.75) is 40.2 Å². The maximum Gasteiger partial charge on any atom is 0.290 e. The van der Waals surface area contributed by atoms with Gasteiger partial charge >= 0.3 is 0 Å². The molecule has 0 saturated carbocycles. The van der Waals surface area contributed by atoms with Crippen molar-refractivity contribution in [2.75, 3.05) is 5.32 Å². The summed E-state index contributed by atoms with van der Waals surface area (Å²) in [7, 11) is 0. The van der Waals surface area contributed by atoms with Crippen molar-refractivity contribution in [3.63, 3.8) is 0 Å². The third-order valence-electron chi connectivity index (χ3n) is 2.47. The van der Waals surface area contributed by atoms with Crippen molar-refractivity contribution in [1.29, 1.82) is 0 Å². The van der Waals surface area contributed by atoms with Crippen molar-refractivity contribution in [2.24, 2.45) is 5.92 Å². The average Bonchev–Trinajstić information content (AvgIpc) is 2.15.